The molecule has 2 rings (SSSR count). The van der Waals surface area contributed by atoms with E-state index in [1.165, 1.54) is 26.4 Å². The molecular weight excluding hydrogens is 315 g/mol. The topological polar surface area (TPSA) is 57.2 Å². The molecule has 0 aliphatic rings. The number of aliphatic hydroxyl groups excluding tert-OH is 1. The van der Waals surface area contributed by atoms with E-state index in [1.807, 2.05) is 0 Å². The molecule has 0 aromatic heterocycles. The Hall–Kier alpha value is -2.47. The minimum atomic E-state index is -0.654. The van der Waals surface area contributed by atoms with Gasteiger partial charge < -0.3 is 24.1 Å². The maximum absolute atomic E-state index is 13.1. The summed E-state index contributed by atoms with van der Waals surface area (Å²) >= 11 is 0. The fourth-order valence-electron chi connectivity index (χ4n) is 2.14. The standard InChI is InChI=1S/C18H21FO5/c1-12(20)13-9-16(21-2)18(17(10-13)22-3)24-8-7-23-15-6-4-5-14(19)11-15/h4-6,9-12,20H,7-8H2,1-3H3/t12-/m0/s1. The van der Waals surface area contributed by atoms with Crippen LogP contribution in [0, 0.1) is 5.82 Å². The molecule has 1 atom stereocenters. The number of halogens is 1. The molecule has 0 amide bonds. The number of hydrogen-bond donors (Lipinski definition) is 1. The van der Waals surface area contributed by atoms with E-state index in [0.29, 0.717) is 28.6 Å². The van der Waals surface area contributed by atoms with E-state index in [9.17, 15) is 9.50 Å². The zero-order valence-corrected chi connectivity index (χ0v) is 13.9. The first-order valence-corrected chi connectivity index (χ1v) is 7.50. The summed E-state index contributed by atoms with van der Waals surface area (Å²) in [4.78, 5) is 0. The Kier molecular flexibility index (Phi) is 6.26. The van der Waals surface area contributed by atoms with Gasteiger partial charge in [0, 0.05) is 6.07 Å². The van der Waals surface area contributed by atoms with Gasteiger partial charge in [-0.05, 0) is 36.8 Å². The highest BCUT2D eigenvalue weighted by atomic mass is 19.1. The van der Waals surface area contributed by atoms with E-state index in [-0.39, 0.29) is 19.0 Å². The van der Waals surface area contributed by atoms with Crippen LogP contribution >= 0.6 is 0 Å². The molecule has 6 heteroatoms. The van der Waals surface area contributed by atoms with Crippen LogP contribution in [0.3, 0.4) is 0 Å². The fourth-order valence-corrected chi connectivity index (χ4v) is 2.14. The minimum Gasteiger partial charge on any atom is -0.493 e. The summed E-state index contributed by atoms with van der Waals surface area (Å²) in [5.74, 6) is 1.41. The zero-order valence-electron chi connectivity index (χ0n) is 13.9. The molecule has 130 valence electrons. The quantitative estimate of drug-likeness (QED) is 0.749. The molecule has 1 N–H and O–H groups in total. The molecule has 24 heavy (non-hydrogen) atoms. The number of rotatable bonds is 8. The van der Waals surface area contributed by atoms with E-state index in [4.69, 9.17) is 18.9 Å². The van der Waals surface area contributed by atoms with Gasteiger partial charge in [-0.2, -0.15) is 0 Å². The molecule has 0 unspecified atom stereocenters. The molecule has 0 aliphatic heterocycles. The second-order valence-electron chi connectivity index (χ2n) is 5.08. The predicted molar refractivity (Wildman–Crippen MR) is 87.6 cm³/mol. The van der Waals surface area contributed by atoms with Crippen molar-refractivity contribution >= 4 is 0 Å². The molecule has 2 aromatic rings. The summed E-state index contributed by atoms with van der Waals surface area (Å²) in [5.41, 5.74) is 0.659. The maximum Gasteiger partial charge on any atom is 0.203 e. The molecular formula is C18H21FO5. The number of benzene rings is 2. The lowest BCUT2D eigenvalue weighted by Crippen LogP contribution is -2.10. The van der Waals surface area contributed by atoms with Crippen LogP contribution in [-0.2, 0) is 0 Å². The van der Waals surface area contributed by atoms with E-state index in [0.717, 1.165) is 0 Å². The smallest absolute Gasteiger partial charge is 0.203 e. The predicted octanol–water partition coefficient (Wildman–Crippen LogP) is 3.35. The highest BCUT2D eigenvalue weighted by Crippen LogP contribution is 2.39. The number of aliphatic hydroxyl groups is 1. The monoisotopic (exact) mass is 336 g/mol. The third-order valence-corrected chi connectivity index (χ3v) is 3.36. The molecule has 0 saturated carbocycles. The Bertz CT molecular complexity index is 647. The largest absolute Gasteiger partial charge is 0.493 e. The Morgan fingerprint density at radius 2 is 1.62 bits per heavy atom. The van der Waals surface area contributed by atoms with Gasteiger partial charge in [0.2, 0.25) is 5.75 Å². The van der Waals surface area contributed by atoms with Gasteiger partial charge in [-0.25, -0.2) is 4.39 Å². The molecule has 5 nitrogen and oxygen atoms in total. The van der Waals surface area contributed by atoms with Crippen LogP contribution in [0.25, 0.3) is 0 Å². The minimum absolute atomic E-state index is 0.220. The van der Waals surface area contributed by atoms with Crippen molar-refractivity contribution in [3.05, 3.63) is 47.8 Å². The van der Waals surface area contributed by atoms with Crippen LogP contribution in [0.2, 0.25) is 0 Å². The van der Waals surface area contributed by atoms with Gasteiger partial charge in [0.15, 0.2) is 11.5 Å². The van der Waals surface area contributed by atoms with Crippen LogP contribution in [0.4, 0.5) is 4.39 Å². The summed E-state index contributed by atoms with van der Waals surface area (Å²) in [6.07, 6.45) is -0.654. The Labute approximate surface area is 140 Å². The summed E-state index contributed by atoms with van der Waals surface area (Å²) < 4.78 is 34.8. The van der Waals surface area contributed by atoms with E-state index >= 15 is 0 Å². The molecule has 0 bridgehead atoms. The average molecular weight is 336 g/mol. The normalized spacial score (nSPS) is 11.7. The molecule has 0 saturated heterocycles. The summed E-state index contributed by atoms with van der Waals surface area (Å²) in [6.45, 7) is 2.10. The van der Waals surface area contributed by atoms with Crippen LogP contribution in [0.15, 0.2) is 36.4 Å². The number of methoxy groups -OCH3 is 2. The van der Waals surface area contributed by atoms with Crippen LogP contribution < -0.4 is 18.9 Å². The van der Waals surface area contributed by atoms with Gasteiger partial charge in [0.05, 0.1) is 20.3 Å². The van der Waals surface area contributed by atoms with Crippen LogP contribution in [0.5, 0.6) is 23.0 Å². The second kappa shape index (κ2) is 8.40. The van der Waals surface area contributed by atoms with Gasteiger partial charge in [0.25, 0.3) is 0 Å². The van der Waals surface area contributed by atoms with E-state index < -0.39 is 6.10 Å². The first kappa shape index (κ1) is 17.9. The van der Waals surface area contributed by atoms with Gasteiger partial charge >= 0.3 is 0 Å². The molecule has 0 spiro atoms. The average Bonchev–Trinajstić information content (AvgIpc) is 2.58. The highest BCUT2D eigenvalue weighted by Gasteiger charge is 2.16. The van der Waals surface area contributed by atoms with Crippen molar-refractivity contribution in [2.75, 3.05) is 27.4 Å². The first-order chi connectivity index (χ1) is 11.5. The summed E-state index contributed by atoms with van der Waals surface area (Å²) in [7, 11) is 3.02. The van der Waals surface area contributed by atoms with Crippen molar-refractivity contribution in [2.24, 2.45) is 0 Å². The number of hydrogen-bond acceptors (Lipinski definition) is 5. The van der Waals surface area contributed by atoms with Crippen LogP contribution in [0.1, 0.15) is 18.6 Å². The lowest BCUT2D eigenvalue weighted by molar-refractivity contribution is 0.194. The van der Waals surface area contributed by atoms with Crippen molar-refractivity contribution in [1.82, 2.24) is 0 Å². The third kappa shape index (κ3) is 4.52. The van der Waals surface area contributed by atoms with Crippen molar-refractivity contribution in [2.45, 2.75) is 13.0 Å². The Morgan fingerprint density at radius 3 is 2.17 bits per heavy atom. The molecule has 2 aromatic carbocycles. The SMILES string of the molecule is COc1cc([C@H](C)O)cc(OC)c1OCCOc1cccc(F)c1. The Balaban J connectivity index is 2.03. The maximum atomic E-state index is 13.1. The highest BCUT2D eigenvalue weighted by molar-refractivity contribution is 5.54. The van der Waals surface area contributed by atoms with Gasteiger partial charge in [-0.1, -0.05) is 6.07 Å². The van der Waals surface area contributed by atoms with E-state index in [2.05, 4.69) is 0 Å². The second-order valence-corrected chi connectivity index (χ2v) is 5.08. The molecule has 0 radical (unpaired) electrons. The van der Waals surface area contributed by atoms with Crippen molar-refractivity contribution in [3.63, 3.8) is 0 Å². The summed E-state index contributed by atoms with van der Waals surface area (Å²) in [6, 6.07) is 9.28. The van der Waals surface area contributed by atoms with Crippen molar-refractivity contribution < 1.29 is 28.4 Å². The molecule has 0 fully saturated rings. The van der Waals surface area contributed by atoms with Gasteiger partial charge in [-0.15, -0.1) is 0 Å². The lowest BCUT2D eigenvalue weighted by atomic mass is 10.1. The lowest BCUT2D eigenvalue weighted by Gasteiger charge is -2.17. The van der Waals surface area contributed by atoms with Crippen molar-refractivity contribution in [1.29, 1.82) is 0 Å². The number of ether oxygens (including phenoxy) is 4. The zero-order chi connectivity index (χ0) is 17.5. The Morgan fingerprint density at radius 1 is 1.00 bits per heavy atom. The summed E-state index contributed by atoms with van der Waals surface area (Å²) in [5, 5.41) is 9.71. The first-order valence-electron chi connectivity index (χ1n) is 7.50. The van der Waals surface area contributed by atoms with E-state index in [1.54, 1.807) is 31.2 Å². The van der Waals surface area contributed by atoms with Gasteiger partial charge in [-0.3, -0.25) is 0 Å². The van der Waals surface area contributed by atoms with Gasteiger partial charge in [0.1, 0.15) is 24.8 Å². The van der Waals surface area contributed by atoms with Crippen LogP contribution in [-0.4, -0.2) is 32.5 Å². The molecule has 0 heterocycles. The van der Waals surface area contributed by atoms with Crippen molar-refractivity contribution in [3.8, 4) is 23.0 Å². The molecule has 0 aliphatic carbocycles. The third-order valence-electron chi connectivity index (χ3n) is 3.36. The fraction of sp³-hybridized carbons (Fsp3) is 0.333.